The number of carbonyl (C=O) groups is 1. The van der Waals surface area contributed by atoms with Gasteiger partial charge in [0.15, 0.2) is 11.2 Å². The molecule has 11 nitrogen and oxygen atoms in total. The lowest BCUT2D eigenvalue weighted by molar-refractivity contribution is -0.143. The first-order valence-electron chi connectivity index (χ1n) is 19.2. The second kappa shape index (κ2) is 14.4. The van der Waals surface area contributed by atoms with Gasteiger partial charge in [0.1, 0.15) is 28.9 Å². The van der Waals surface area contributed by atoms with E-state index < -0.39 is 18.6 Å². The number of likely N-dealkylation sites (tertiary alicyclic amines) is 2. The minimum Gasteiger partial charge on any atom is -0.480 e. The summed E-state index contributed by atoms with van der Waals surface area (Å²) in [4.78, 5) is 25.6. The Kier molecular flexibility index (Phi) is 9.30. The third kappa shape index (κ3) is 6.71. The highest BCUT2D eigenvalue weighted by Gasteiger charge is 2.52. The number of alkyl halides is 2. The van der Waals surface area contributed by atoms with E-state index in [-0.39, 0.29) is 17.9 Å². The van der Waals surface area contributed by atoms with Crippen LogP contribution in [-0.4, -0.2) is 76.3 Å². The van der Waals surface area contributed by atoms with E-state index in [2.05, 4.69) is 11.0 Å². The lowest BCUT2D eigenvalue weighted by Gasteiger charge is -2.58. The largest absolute Gasteiger partial charge is 0.480 e. The van der Waals surface area contributed by atoms with Gasteiger partial charge >= 0.3 is 12.6 Å². The zero-order valence-electron chi connectivity index (χ0n) is 31.8. The molecule has 3 aliphatic rings. The molecule has 292 valence electrons. The van der Waals surface area contributed by atoms with Gasteiger partial charge in [-0.05, 0) is 104 Å². The lowest BCUT2D eigenvalue weighted by Crippen LogP contribution is -2.63. The number of aliphatic carboxylic acids is 1. The summed E-state index contributed by atoms with van der Waals surface area (Å²) in [7, 11) is 1.78. The fourth-order valence-electron chi connectivity index (χ4n) is 9.26. The Bertz CT molecular complexity index is 2580. The number of fused-ring (bicyclic) bond motifs is 2. The molecule has 2 aliphatic heterocycles. The maximum Gasteiger partial charge on any atom is 0.387 e. The Hall–Kier alpha value is -5.68. The molecule has 4 heterocycles. The molecule has 1 N–H and O–H groups in total. The molecule has 1 spiro atoms. The Morgan fingerprint density at radius 1 is 0.965 bits per heavy atom. The molecule has 0 amide bonds. The average Bonchev–Trinajstić information content (AvgIpc) is 3.90. The molecule has 0 radical (unpaired) electrons. The van der Waals surface area contributed by atoms with Crippen molar-refractivity contribution in [2.75, 3.05) is 26.7 Å². The summed E-state index contributed by atoms with van der Waals surface area (Å²) >= 11 is 0. The zero-order valence-corrected chi connectivity index (χ0v) is 31.8. The number of benzene rings is 4. The Morgan fingerprint density at radius 2 is 1.63 bits per heavy atom. The second-order valence-corrected chi connectivity index (χ2v) is 15.8. The molecule has 1 aliphatic carbocycles. The number of hydrogen-bond donors (Lipinski definition) is 1. The molecule has 13 heteroatoms. The van der Waals surface area contributed by atoms with E-state index in [0.29, 0.717) is 76.0 Å². The lowest BCUT2D eigenvalue weighted by atomic mass is 9.61. The number of oxazole rings is 2. The first-order valence-corrected chi connectivity index (χ1v) is 19.2. The van der Waals surface area contributed by atoms with Crippen molar-refractivity contribution < 1.29 is 37.0 Å². The number of aromatic nitrogens is 2. The maximum absolute atomic E-state index is 13.5. The van der Waals surface area contributed by atoms with Crippen LogP contribution in [0.15, 0.2) is 69.5 Å². The molecule has 2 saturated heterocycles. The van der Waals surface area contributed by atoms with Gasteiger partial charge in [0, 0.05) is 61.5 Å². The molecule has 0 bridgehead atoms. The van der Waals surface area contributed by atoms with Crippen LogP contribution in [0.2, 0.25) is 0 Å². The van der Waals surface area contributed by atoms with Gasteiger partial charge < -0.3 is 23.4 Å². The summed E-state index contributed by atoms with van der Waals surface area (Å²) in [6.45, 7) is 4.37. The third-order valence-electron chi connectivity index (χ3n) is 12.1. The van der Waals surface area contributed by atoms with Crippen LogP contribution in [0.5, 0.6) is 5.75 Å². The molecule has 57 heavy (non-hydrogen) atoms. The highest BCUT2D eigenvalue weighted by Crippen LogP contribution is 2.50. The Balaban J connectivity index is 1.01. The number of methoxy groups -OCH3 is 1. The SMILES string of the molecule is COC1CC2(C1)CN(Cc1cc(C#N)c3oc(-c4cccc(-c5cccc(-c6nc7cc(CN8CCC[C@H]8C(=O)O)c(OC(F)F)cc7o6)c5C)c4C)nc3c1)C2. The fraction of sp³-hybridized carbons (Fsp3) is 0.364. The Morgan fingerprint density at radius 3 is 2.28 bits per heavy atom. The van der Waals surface area contributed by atoms with Crippen LogP contribution in [0.3, 0.4) is 0 Å². The van der Waals surface area contributed by atoms with Crippen molar-refractivity contribution in [2.45, 2.75) is 71.4 Å². The maximum atomic E-state index is 13.5. The quantitative estimate of drug-likeness (QED) is 0.135. The number of halogens is 2. The van der Waals surface area contributed by atoms with Crippen LogP contribution in [0.25, 0.3) is 56.2 Å². The summed E-state index contributed by atoms with van der Waals surface area (Å²) in [5, 5.41) is 19.8. The van der Waals surface area contributed by atoms with Gasteiger partial charge in [-0.15, -0.1) is 0 Å². The monoisotopic (exact) mass is 773 g/mol. The van der Waals surface area contributed by atoms with Crippen LogP contribution < -0.4 is 4.74 Å². The second-order valence-electron chi connectivity index (χ2n) is 15.8. The van der Waals surface area contributed by atoms with Crippen molar-refractivity contribution in [3.05, 3.63) is 88.5 Å². The van der Waals surface area contributed by atoms with Gasteiger partial charge in [-0.1, -0.05) is 24.3 Å². The summed E-state index contributed by atoms with van der Waals surface area (Å²) in [6, 6.07) is 20.3. The number of rotatable bonds is 11. The summed E-state index contributed by atoms with van der Waals surface area (Å²) < 4.78 is 49.9. The highest BCUT2D eigenvalue weighted by atomic mass is 19.3. The number of ether oxygens (including phenoxy) is 2. The van der Waals surface area contributed by atoms with Crippen molar-refractivity contribution in [1.29, 1.82) is 5.26 Å². The standard InChI is InChI=1S/C44H41F2N5O6/c1-24-30(7-4-9-32(24)40-48-34-15-28(21-51-12-6-11-36(51)42(52)53)37(56-43(45)46)16-38(34)55-40)31-8-5-10-33(25(31)2)41-49-35-14-26(13-27(19-47)39(35)57-41)20-50-22-44(23-50)17-29(18-44)54-3/h4-5,7-10,13-16,29,36,43H,6,11-12,17-18,20-23H2,1-3H3,(H,52,53)/t36-/m0/s1. The number of carboxylic acid groups (broad SMARTS) is 1. The van der Waals surface area contributed by atoms with E-state index in [1.165, 1.54) is 6.07 Å². The molecule has 6 aromatic rings. The van der Waals surface area contributed by atoms with Crippen LogP contribution >= 0.6 is 0 Å². The van der Waals surface area contributed by atoms with Crippen molar-refractivity contribution >= 4 is 28.2 Å². The average molecular weight is 774 g/mol. The molecule has 2 aromatic heterocycles. The van der Waals surface area contributed by atoms with Crippen molar-refractivity contribution in [3.8, 4) is 45.9 Å². The van der Waals surface area contributed by atoms with Gasteiger partial charge in [-0.3, -0.25) is 14.6 Å². The number of carboxylic acids is 1. The van der Waals surface area contributed by atoms with E-state index in [1.54, 1.807) is 18.1 Å². The van der Waals surface area contributed by atoms with Crippen LogP contribution in [-0.2, 0) is 22.6 Å². The number of hydrogen-bond acceptors (Lipinski definition) is 10. The smallest absolute Gasteiger partial charge is 0.387 e. The predicted octanol–water partition coefficient (Wildman–Crippen LogP) is 8.72. The predicted molar refractivity (Wildman–Crippen MR) is 208 cm³/mol. The van der Waals surface area contributed by atoms with Gasteiger partial charge in [-0.25, -0.2) is 9.97 Å². The minimum atomic E-state index is -3.07. The van der Waals surface area contributed by atoms with Crippen LogP contribution in [0.1, 0.15) is 53.5 Å². The van der Waals surface area contributed by atoms with E-state index in [1.807, 2.05) is 62.4 Å². The molecule has 3 fully saturated rings. The summed E-state index contributed by atoms with van der Waals surface area (Å²) in [5.41, 5.74) is 9.28. The van der Waals surface area contributed by atoms with E-state index >= 15 is 0 Å². The van der Waals surface area contributed by atoms with E-state index in [9.17, 15) is 23.9 Å². The van der Waals surface area contributed by atoms with Crippen LogP contribution in [0.4, 0.5) is 8.78 Å². The normalized spacial score (nSPS) is 18.4. The molecule has 9 rings (SSSR count). The first-order chi connectivity index (χ1) is 27.5. The highest BCUT2D eigenvalue weighted by molar-refractivity contribution is 5.86. The molecule has 1 atom stereocenters. The zero-order chi connectivity index (χ0) is 39.6. The topological polar surface area (TPSA) is 138 Å². The van der Waals surface area contributed by atoms with Crippen molar-refractivity contribution in [1.82, 2.24) is 19.8 Å². The van der Waals surface area contributed by atoms with Crippen molar-refractivity contribution in [2.24, 2.45) is 5.41 Å². The molecular weight excluding hydrogens is 733 g/mol. The van der Waals surface area contributed by atoms with Crippen LogP contribution in [0, 0.1) is 30.6 Å². The minimum absolute atomic E-state index is 0.0783. The molecule has 1 saturated carbocycles. The Labute approximate surface area is 327 Å². The van der Waals surface area contributed by atoms with E-state index in [4.69, 9.17) is 28.3 Å². The van der Waals surface area contributed by atoms with E-state index in [0.717, 1.165) is 65.9 Å². The first kappa shape index (κ1) is 36.9. The molecule has 0 unspecified atom stereocenters. The number of nitrogens with zero attached hydrogens (tertiary/aromatic N) is 5. The van der Waals surface area contributed by atoms with Gasteiger partial charge in [0.25, 0.3) is 0 Å². The summed E-state index contributed by atoms with van der Waals surface area (Å²) in [5.74, 6) is -0.288. The van der Waals surface area contributed by atoms with Gasteiger partial charge in [0.05, 0.1) is 11.7 Å². The third-order valence-corrected chi connectivity index (χ3v) is 12.1. The van der Waals surface area contributed by atoms with Gasteiger partial charge in [0.2, 0.25) is 11.8 Å². The fourth-order valence-corrected chi connectivity index (χ4v) is 9.26. The van der Waals surface area contributed by atoms with Crippen molar-refractivity contribution in [3.63, 3.8) is 0 Å². The van der Waals surface area contributed by atoms with Gasteiger partial charge in [-0.2, -0.15) is 14.0 Å². The molecule has 4 aromatic carbocycles. The molecular formula is C44H41F2N5O6. The number of nitriles is 1. The summed E-state index contributed by atoms with van der Waals surface area (Å²) in [6.07, 6.45) is 3.77.